The fraction of sp³-hybridized carbons (Fsp3) is 0. The van der Waals surface area contributed by atoms with Gasteiger partial charge in [0.1, 0.15) is 0 Å². The maximum absolute atomic E-state index is 12.1. The van der Waals surface area contributed by atoms with E-state index in [2.05, 4.69) is 15.3 Å². The molecule has 1 heterocycles. The lowest BCUT2D eigenvalue weighted by Gasteiger charge is -2.05. The summed E-state index contributed by atoms with van der Waals surface area (Å²) < 4.78 is 0. The molecule has 0 aliphatic rings. The number of carbonyl (C=O) groups is 1. The van der Waals surface area contributed by atoms with Gasteiger partial charge in [-0.05, 0) is 42.5 Å². The Morgan fingerprint density at radius 2 is 1.71 bits per heavy atom. The Kier molecular flexibility index (Phi) is 3.73. The number of rotatable bonds is 2. The zero-order valence-corrected chi connectivity index (χ0v) is 12.2. The van der Waals surface area contributed by atoms with E-state index in [-0.39, 0.29) is 11.7 Å². The highest BCUT2D eigenvalue weighted by molar-refractivity contribution is 6.31. The topological polar surface area (TPSA) is 54.9 Å². The largest absolute Gasteiger partial charge is 0.319 e. The average Bonchev–Trinajstić information content (AvgIpc) is 2.48. The number of aromatic nitrogens is 2. The molecule has 0 atom stereocenters. The molecule has 0 spiro atoms. The molecule has 0 aliphatic heterocycles. The number of amides is 1. The molecule has 3 aromatic rings. The molecule has 0 fully saturated rings. The van der Waals surface area contributed by atoms with E-state index in [0.717, 1.165) is 5.39 Å². The van der Waals surface area contributed by atoms with Crippen molar-refractivity contribution >= 4 is 45.7 Å². The van der Waals surface area contributed by atoms with Crippen molar-refractivity contribution in [3.63, 3.8) is 0 Å². The molecule has 0 aliphatic carbocycles. The first-order valence-electron chi connectivity index (χ1n) is 6.11. The van der Waals surface area contributed by atoms with E-state index in [9.17, 15) is 4.79 Å². The van der Waals surface area contributed by atoms with E-state index in [1.807, 2.05) is 0 Å². The van der Waals surface area contributed by atoms with Crippen molar-refractivity contribution in [2.24, 2.45) is 0 Å². The zero-order valence-electron chi connectivity index (χ0n) is 10.7. The van der Waals surface area contributed by atoms with Crippen LogP contribution >= 0.6 is 23.2 Å². The van der Waals surface area contributed by atoms with Gasteiger partial charge in [-0.25, -0.2) is 9.97 Å². The minimum atomic E-state index is -0.390. The number of hydrogen-bond donors (Lipinski definition) is 1. The highest BCUT2D eigenvalue weighted by atomic mass is 35.5. The lowest BCUT2D eigenvalue weighted by atomic mass is 10.2. The van der Waals surface area contributed by atoms with Gasteiger partial charge in [0.15, 0.2) is 0 Å². The van der Waals surface area contributed by atoms with Gasteiger partial charge in [-0.1, -0.05) is 23.2 Å². The lowest BCUT2D eigenvalue weighted by molar-refractivity contribution is 0.101. The van der Waals surface area contributed by atoms with Gasteiger partial charge in [-0.15, -0.1) is 0 Å². The van der Waals surface area contributed by atoms with Crippen LogP contribution in [0.3, 0.4) is 0 Å². The highest BCUT2D eigenvalue weighted by Gasteiger charge is 2.10. The number of fused-ring (bicyclic) bond motifs is 1. The van der Waals surface area contributed by atoms with Crippen molar-refractivity contribution < 1.29 is 4.79 Å². The molecule has 0 saturated heterocycles. The Morgan fingerprint density at radius 1 is 1.00 bits per heavy atom. The summed E-state index contributed by atoms with van der Waals surface area (Å²) in [5, 5.41) is 4.69. The molecule has 0 unspecified atom stereocenters. The van der Waals surface area contributed by atoms with E-state index in [1.54, 1.807) is 48.7 Å². The summed E-state index contributed by atoms with van der Waals surface area (Å²) in [5.74, 6) is -0.307. The van der Waals surface area contributed by atoms with Crippen molar-refractivity contribution in [2.45, 2.75) is 0 Å². The Balaban J connectivity index is 1.88. The smallest absolute Gasteiger partial charge is 0.293 e. The third-order valence-corrected chi connectivity index (χ3v) is 3.34. The van der Waals surface area contributed by atoms with Crippen LogP contribution in [0.2, 0.25) is 10.0 Å². The van der Waals surface area contributed by atoms with Crippen LogP contribution in [0.15, 0.2) is 48.7 Å². The van der Waals surface area contributed by atoms with Gasteiger partial charge < -0.3 is 5.32 Å². The minimum Gasteiger partial charge on any atom is -0.319 e. The quantitative estimate of drug-likeness (QED) is 0.771. The molecule has 1 aromatic heterocycles. The second-order valence-electron chi connectivity index (χ2n) is 4.36. The van der Waals surface area contributed by atoms with Gasteiger partial charge in [-0.2, -0.15) is 0 Å². The summed E-state index contributed by atoms with van der Waals surface area (Å²) in [4.78, 5) is 20.4. The standard InChI is InChI=1S/C15H9Cl2N3O/c16-10-3-5-12(6-4-10)19-15(21)14-18-8-9-1-2-11(17)7-13(9)20-14/h1-8H,(H,19,21). The van der Waals surface area contributed by atoms with Crippen molar-refractivity contribution in [1.82, 2.24) is 9.97 Å². The summed E-state index contributed by atoms with van der Waals surface area (Å²) in [7, 11) is 0. The minimum absolute atomic E-state index is 0.0831. The van der Waals surface area contributed by atoms with Gasteiger partial charge in [0.2, 0.25) is 5.82 Å². The molecule has 3 rings (SSSR count). The number of nitrogens with zero attached hydrogens (tertiary/aromatic N) is 2. The third kappa shape index (κ3) is 3.12. The molecule has 0 saturated carbocycles. The maximum atomic E-state index is 12.1. The highest BCUT2D eigenvalue weighted by Crippen LogP contribution is 2.18. The van der Waals surface area contributed by atoms with Gasteiger partial charge >= 0.3 is 0 Å². The van der Waals surface area contributed by atoms with Crippen LogP contribution in [0, 0.1) is 0 Å². The summed E-state index contributed by atoms with van der Waals surface area (Å²) in [6.07, 6.45) is 1.59. The second kappa shape index (κ2) is 5.68. The van der Waals surface area contributed by atoms with Crippen LogP contribution in [0.25, 0.3) is 10.9 Å². The molecule has 2 aromatic carbocycles. The Bertz CT molecular complexity index is 819. The first-order valence-corrected chi connectivity index (χ1v) is 6.87. The van der Waals surface area contributed by atoms with E-state index in [0.29, 0.717) is 21.2 Å². The molecule has 0 bridgehead atoms. The van der Waals surface area contributed by atoms with Crippen LogP contribution in [0.1, 0.15) is 10.6 Å². The van der Waals surface area contributed by atoms with Crippen molar-refractivity contribution in [2.75, 3.05) is 5.32 Å². The van der Waals surface area contributed by atoms with Crippen molar-refractivity contribution in [1.29, 1.82) is 0 Å². The molecule has 21 heavy (non-hydrogen) atoms. The predicted octanol–water partition coefficient (Wildman–Crippen LogP) is 4.19. The lowest BCUT2D eigenvalue weighted by Crippen LogP contribution is -2.15. The molecule has 6 heteroatoms. The van der Waals surface area contributed by atoms with Gasteiger partial charge in [-0.3, -0.25) is 4.79 Å². The Morgan fingerprint density at radius 3 is 2.48 bits per heavy atom. The van der Waals surface area contributed by atoms with E-state index >= 15 is 0 Å². The van der Waals surface area contributed by atoms with Crippen LogP contribution in [0.5, 0.6) is 0 Å². The van der Waals surface area contributed by atoms with Crippen molar-refractivity contribution in [3.8, 4) is 0 Å². The molecule has 104 valence electrons. The molecular weight excluding hydrogens is 309 g/mol. The molecular formula is C15H9Cl2N3O. The fourth-order valence-electron chi connectivity index (χ4n) is 1.83. The third-order valence-electron chi connectivity index (χ3n) is 2.85. The first kappa shape index (κ1) is 13.8. The van der Waals surface area contributed by atoms with Crippen LogP contribution in [-0.4, -0.2) is 15.9 Å². The maximum Gasteiger partial charge on any atom is 0.293 e. The van der Waals surface area contributed by atoms with Crippen molar-refractivity contribution in [3.05, 3.63) is 64.5 Å². The SMILES string of the molecule is O=C(Nc1ccc(Cl)cc1)c1ncc2ccc(Cl)cc2n1. The number of halogens is 2. The first-order chi connectivity index (χ1) is 10.1. The second-order valence-corrected chi connectivity index (χ2v) is 5.23. The summed E-state index contributed by atoms with van der Waals surface area (Å²) in [5.41, 5.74) is 1.25. The summed E-state index contributed by atoms with van der Waals surface area (Å²) in [6.45, 7) is 0. The summed E-state index contributed by atoms with van der Waals surface area (Å²) in [6, 6.07) is 12.0. The number of carbonyl (C=O) groups excluding carboxylic acids is 1. The predicted molar refractivity (Wildman–Crippen MR) is 84.0 cm³/mol. The van der Waals surface area contributed by atoms with Crippen LogP contribution in [-0.2, 0) is 0 Å². The van der Waals surface area contributed by atoms with Gasteiger partial charge in [0.05, 0.1) is 5.52 Å². The van der Waals surface area contributed by atoms with Crippen LogP contribution < -0.4 is 5.32 Å². The van der Waals surface area contributed by atoms with Gasteiger partial charge in [0, 0.05) is 27.3 Å². The molecule has 0 radical (unpaired) electrons. The molecule has 1 amide bonds. The average molecular weight is 318 g/mol. The number of hydrogen-bond acceptors (Lipinski definition) is 3. The van der Waals surface area contributed by atoms with Gasteiger partial charge in [0.25, 0.3) is 5.91 Å². The summed E-state index contributed by atoms with van der Waals surface area (Å²) >= 11 is 11.7. The van der Waals surface area contributed by atoms with E-state index in [4.69, 9.17) is 23.2 Å². The monoisotopic (exact) mass is 317 g/mol. The number of nitrogens with one attached hydrogen (secondary N) is 1. The Labute approximate surface area is 130 Å². The molecule has 1 N–H and O–H groups in total. The zero-order chi connectivity index (χ0) is 14.8. The van der Waals surface area contributed by atoms with Crippen LogP contribution in [0.4, 0.5) is 5.69 Å². The number of anilines is 1. The molecule has 4 nitrogen and oxygen atoms in total. The fourth-order valence-corrected chi connectivity index (χ4v) is 2.12. The normalized spacial score (nSPS) is 10.6. The Hall–Kier alpha value is -2.17. The van der Waals surface area contributed by atoms with E-state index < -0.39 is 0 Å². The number of benzene rings is 2. The van der Waals surface area contributed by atoms with E-state index in [1.165, 1.54) is 0 Å².